The molecule has 0 fully saturated rings. The lowest BCUT2D eigenvalue weighted by molar-refractivity contribution is 0.387. The third-order valence-corrected chi connectivity index (χ3v) is 2.47. The minimum atomic E-state index is 0.968. The molecule has 2 rings (SSSR count). The molecule has 0 saturated carbocycles. The van der Waals surface area contributed by atoms with Crippen molar-refractivity contribution in [2.45, 2.75) is 6.42 Å². The summed E-state index contributed by atoms with van der Waals surface area (Å²) in [6, 6.07) is 0. The second kappa shape index (κ2) is 3.13. The van der Waals surface area contributed by atoms with Crippen LogP contribution in [0.1, 0.15) is 6.42 Å². The van der Waals surface area contributed by atoms with Crippen LogP contribution >= 0.6 is 0 Å². The van der Waals surface area contributed by atoms with Gasteiger partial charge in [-0.25, -0.2) is 0 Å². The van der Waals surface area contributed by atoms with Gasteiger partial charge in [0.1, 0.15) is 0 Å². The van der Waals surface area contributed by atoms with Crippen molar-refractivity contribution >= 4 is 0 Å². The lowest BCUT2D eigenvalue weighted by Gasteiger charge is -2.31. The normalized spacial score (nSPS) is 21.2. The molecule has 0 aromatic rings. The highest BCUT2D eigenvalue weighted by atomic mass is 15.1. The number of rotatable bonds is 1. The van der Waals surface area contributed by atoms with Gasteiger partial charge in [0.05, 0.1) is 0 Å². The lowest BCUT2D eigenvalue weighted by Crippen LogP contribution is -2.32. The van der Waals surface area contributed by atoms with E-state index in [-0.39, 0.29) is 0 Å². The maximum Gasteiger partial charge on any atom is 0.0441 e. The van der Waals surface area contributed by atoms with E-state index < -0.39 is 0 Å². The highest BCUT2D eigenvalue weighted by Crippen LogP contribution is 2.21. The van der Waals surface area contributed by atoms with E-state index in [4.69, 9.17) is 0 Å². The first kappa shape index (κ1) is 8.17. The van der Waals surface area contributed by atoms with Gasteiger partial charge in [-0.15, -0.1) is 0 Å². The topological polar surface area (TPSA) is 15.3 Å². The molecule has 13 heavy (non-hydrogen) atoms. The summed E-state index contributed by atoms with van der Waals surface area (Å²) >= 11 is 0. The summed E-state index contributed by atoms with van der Waals surface area (Å²) in [6.07, 6.45) is 7.13. The van der Waals surface area contributed by atoms with Crippen molar-refractivity contribution in [3.05, 3.63) is 48.5 Å². The van der Waals surface area contributed by atoms with E-state index in [9.17, 15) is 0 Å². The van der Waals surface area contributed by atoms with Gasteiger partial charge in [-0.1, -0.05) is 19.2 Å². The molecule has 0 aliphatic carbocycles. The molecule has 0 saturated heterocycles. The van der Waals surface area contributed by atoms with Gasteiger partial charge in [-0.2, -0.15) is 0 Å². The fourth-order valence-electron chi connectivity index (χ4n) is 1.70. The van der Waals surface area contributed by atoms with E-state index >= 15 is 0 Å². The van der Waals surface area contributed by atoms with Crippen LogP contribution in [0.4, 0.5) is 0 Å². The summed E-state index contributed by atoms with van der Waals surface area (Å²) in [5.74, 6) is 0. The molecule has 0 unspecified atom stereocenters. The number of dihydropyridines is 1. The van der Waals surface area contributed by atoms with E-state index in [1.165, 1.54) is 11.3 Å². The second-order valence-electron chi connectivity index (χ2n) is 3.39. The molecular weight excluding hydrogens is 160 g/mol. The number of nitrogens with one attached hydrogen (secondary N) is 1. The van der Waals surface area contributed by atoms with Crippen LogP contribution < -0.4 is 5.32 Å². The van der Waals surface area contributed by atoms with E-state index in [1.54, 1.807) is 0 Å². The Morgan fingerprint density at radius 1 is 1.46 bits per heavy atom. The van der Waals surface area contributed by atoms with Crippen molar-refractivity contribution in [3.8, 4) is 0 Å². The zero-order valence-corrected chi connectivity index (χ0v) is 7.71. The first-order valence-electron chi connectivity index (χ1n) is 4.52. The molecule has 0 aromatic heterocycles. The molecule has 0 radical (unpaired) electrons. The third kappa shape index (κ3) is 1.52. The zero-order valence-electron chi connectivity index (χ0n) is 7.71. The minimum Gasteiger partial charge on any atom is -0.373 e. The van der Waals surface area contributed by atoms with Gasteiger partial charge >= 0.3 is 0 Å². The van der Waals surface area contributed by atoms with Gasteiger partial charge in [0.2, 0.25) is 0 Å². The smallest absolute Gasteiger partial charge is 0.0441 e. The highest BCUT2D eigenvalue weighted by molar-refractivity contribution is 5.39. The Balaban J connectivity index is 2.19. The Hall–Kier alpha value is -1.44. The quantitative estimate of drug-likeness (QED) is 0.651. The summed E-state index contributed by atoms with van der Waals surface area (Å²) in [6.45, 7) is 9.68. The summed E-state index contributed by atoms with van der Waals surface area (Å²) in [7, 11) is 0. The molecule has 2 aliphatic heterocycles. The Bertz CT molecular complexity index is 310. The molecular formula is C11H14N2. The molecule has 0 atom stereocenters. The third-order valence-electron chi connectivity index (χ3n) is 2.47. The molecule has 0 bridgehead atoms. The average molecular weight is 174 g/mol. The Morgan fingerprint density at radius 3 is 3.08 bits per heavy atom. The van der Waals surface area contributed by atoms with Crippen LogP contribution in [0.25, 0.3) is 0 Å². The van der Waals surface area contributed by atoms with E-state index in [2.05, 4.69) is 29.5 Å². The van der Waals surface area contributed by atoms with Crippen LogP contribution in [0.15, 0.2) is 48.5 Å². The SMILES string of the molecule is C=CN1CCC2=C(C=CC(=C)N2)C1. The van der Waals surface area contributed by atoms with Crippen LogP contribution in [0.5, 0.6) is 0 Å². The molecule has 2 aliphatic rings. The summed E-state index contributed by atoms with van der Waals surface area (Å²) in [5.41, 5.74) is 3.68. The number of nitrogens with zero attached hydrogens (tertiary/aromatic N) is 1. The predicted octanol–water partition coefficient (Wildman–Crippen LogP) is 1.76. The fourth-order valence-corrected chi connectivity index (χ4v) is 1.70. The Morgan fingerprint density at radius 2 is 2.31 bits per heavy atom. The summed E-state index contributed by atoms with van der Waals surface area (Å²) in [5, 5.41) is 3.30. The van der Waals surface area contributed by atoms with Crippen molar-refractivity contribution in [1.29, 1.82) is 0 Å². The van der Waals surface area contributed by atoms with Gasteiger partial charge in [0, 0.05) is 30.9 Å². The van der Waals surface area contributed by atoms with Gasteiger partial charge in [0.15, 0.2) is 0 Å². The van der Waals surface area contributed by atoms with Crippen molar-refractivity contribution in [3.63, 3.8) is 0 Å². The molecule has 2 nitrogen and oxygen atoms in total. The van der Waals surface area contributed by atoms with E-state index in [1.807, 2.05) is 12.3 Å². The molecule has 0 amide bonds. The summed E-state index contributed by atoms with van der Waals surface area (Å²) < 4.78 is 0. The maximum absolute atomic E-state index is 3.88. The molecule has 0 spiro atoms. The van der Waals surface area contributed by atoms with Crippen molar-refractivity contribution in [1.82, 2.24) is 10.2 Å². The van der Waals surface area contributed by atoms with Gasteiger partial charge in [0.25, 0.3) is 0 Å². The van der Waals surface area contributed by atoms with Gasteiger partial charge < -0.3 is 10.2 Å². The highest BCUT2D eigenvalue weighted by Gasteiger charge is 2.16. The second-order valence-corrected chi connectivity index (χ2v) is 3.39. The lowest BCUT2D eigenvalue weighted by atomic mass is 10.0. The van der Waals surface area contributed by atoms with Gasteiger partial charge in [-0.3, -0.25) is 0 Å². The number of allylic oxidation sites excluding steroid dienone is 1. The van der Waals surface area contributed by atoms with Crippen molar-refractivity contribution in [2.24, 2.45) is 0 Å². The molecule has 2 heterocycles. The predicted molar refractivity (Wildman–Crippen MR) is 54.8 cm³/mol. The first-order chi connectivity index (χ1) is 6.29. The maximum atomic E-state index is 3.88. The largest absolute Gasteiger partial charge is 0.373 e. The van der Waals surface area contributed by atoms with Crippen LogP contribution in [-0.4, -0.2) is 18.0 Å². The number of hydrogen-bond donors (Lipinski definition) is 1. The van der Waals surface area contributed by atoms with Crippen molar-refractivity contribution < 1.29 is 0 Å². The van der Waals surface area contributed by atoms with Crippen molar-refractivity contribution in [2.75, 3.05) is 13.1 Å². The fraction of sp³-hybridized carbons (Fsp3) is 0.273. The molecule has 1 N–H and O–H groups in total. The van der Waals surface area contributed by atoms with Gasteiger partial charge in [-0.05, 0) is 17.8 Å². The van der Waals surface area contributed by atoms with Crippen LogP contribution in [0.3, 0.4) is 0 Å². The Kier molecular flexibility index (Phi) is 1.97. The molecule has 2 heteroatoms. The molecule has 0 aromatic carbocycles. The monoisotopic (exact) mass is 174 g/mol. The minimum absolute atomic E-state index is 0.968. The Labute approximate surface area is 78.9 Å². The first-order valence-corrected chi connectivity index (χ1v) is 4.52. The summed E-state index contributed by atoms with van der Waals surface area (Å²) in [4.78, 5) is 2.22. The standard InChI is InChI=1S/C11H14N2/c1-3-13-7-6-11-10(8-13)5-4-9(2)12-11/h3-5,12H,1-2,6-8H2. The van der Waals surface area contributed by atoms with Crippen LogP contribution in [0.2, 0.25) is 0 Å². The van der Waals surface area contributed by atoms with E-state index in [0.29, 0.717) is 0 Å². The van der Waals surface area contributed by atoms with Crippen LogP contribution in [-0.2, 0) is 0 Å². The average Bonchev–Trinajstić information content (AvgIpc) is 2.17. The van der Waals surface area contributed by atoms with Crippen LogP contribution in [0, 0.1) is 0 Å². The molecule has 68 valence electrons. The number of hydrogen-bond acceptors (Lipinski definition) is 2. The zero-order chi connectivity index (χ0) is 9.26. The van der Waals surface area contributed by atoms with E-state index in [0.717, 1.165) is 25.2 Å².